The molecule has 1 aromatic rings. The van der Waals surface area contributed by atoms with E-state index in [1.54, 1.807) is 0 Å². The zero-order valence-electron chi connectivity index (χ0n) is 8.38. The van der Waals surface area contributed by atoms with Gasteiger partial charge in [0, 0.05) is 18.3 Å². The van der Waals surface area contributed by atoms with Crippen LogP contribution in [0.2, 0.25) is 0 Å². The third kappa shape index (κ3) is 2.06. The van der Waals surface area contributed by atoms with Crippen molar-refractivity contribution in [1.82, 2.24) is 9.97 Å². The van der Waals surface area contributed by atoms with E-state index in [4.69, 9.17) is 0 Å². The largest absolute Gasteiger partial charge is 0.241 e. The molecule has 0 aliphatic heterocycles. The average molecular weight is 176 g/mol. The van der Waals surface area contributed by atoms with Crippen molar-refractivity contribution in [3.63, 3.8) is 0 Å². The van der Waals surface area contributed by atoms with E-state index in [-0.39, 0.29) is 0 Å². The van der Waals surface area contributed by atoms with E-state index in [1.807, 2.05) is 6.20 Å². The first kappa shape index (κ1) is 8.67. The zero-order valence-corrected chi connectivity index (χ0v) is 8.38. The van der Waals surface area contributed by atoms with Crippen LogP contribution in [0.4, 0.5) is 0 Å². The number of hydrogen-bond acceptors (Lipinski definition) is 2. The standard InChI is InChI=1S/C11H16N2/c1-3-10-8(2)7-12-11(13-10)6-9-4-5-9/h7,9H,3-6H2,1-2H3. The molecule has 13 heavy (non-hydrogen) atoms. The summed E-state index contributed by atoms with van der Waals surface area (Å²) in [6.07, 6.45) is 6.82. The maximum Gasteiger partial charge on any atom is 0.128 e. The summed E-state index contributed by atoms with van der Waals surface area (Å²) in [4.78, 5) is 8.92. The van der Waals surface area contributed by atoms with Crippen molar-refractivity contribution in [2.45, 2.75) is 39.5 Å². The molecule has 70 valence electrons. The molecule has 0 aromatic carbocycles. The minimum Gasteiger partial charge on any atom is -0.241 e. The predicted molar refractivity (Wildman–Crippen MR) is 52.6 cm³/mol. The Hall–Kier alpha value is -0.920. The Balaban J connectivity index is 2.16. The molecule has 1 saturated carbocycles. The van der Waals surface area contributed by atoms with Gasteiger partial charge in [0.2, 0.25) is 0 Å². The van der Waals surface area contributed by atoms with E-state index in [0.29, 0.717) is 0 Å². The number of aryl methyl sites for hydroxylation is 2. The van der Waals surface area contributed by atoms with Crippen molar-refractivity contribution >= 4 is 0 Å². The monoisotopic (exact) mass is 176 g/mol. The molecule has 0 spiro atoms. The molecule has 1 aromatic heterocycles. The van der Waals surface area contributed by atoms with Crippen LogP contribution in [0, 0.1) is 12.8 Å². The van der Waals surface area contributed by atoms with Crippen LogP contribution in [0.1, 0.15) is 36.8 Å². The fourth-order valence-electron chi connectivity index (χ4n) is 1.56. The summed E-state index contributed by atoms with van der Waals surface area (Å²) in [6, 6.07) is 0. The van der Waals surface area contributed by atoms with Gasteiger partial charge in [0.25, 0.3) is 0 Å². The molecule has 0 saturated heterocycles. The van der Waals surface area contributed by atoms with Crippen LogP contribution >= 0.6 is 0 Å². The molecule has 0 N–H and O–H groups in total. The van der Waals surface area contributed by atoms with Gasteiger partial charge in [0.05, 0.1) is 0 Å². The van der Waals surface area contributed by atoms with Gasteiger partial charge in [0.1, 0.15) is 5.82 Å². The van der Waals surface area contributed by atoms with Crippen molar-refractivity contribution < 1.29 is 0 Å². The Morgan fingerprint density at radius 2 is 2.23 bits per heavy atom. The summed E-state index contributed by atoms with van der Waals surface area (Å²) >= 11 is 0. The minimum atomic E-state index is 0.882. The molecule has 2 rings (SSSR count). The topological polar surface area (TPSA) is 25.8 Å². The summed E-state index contributed by atoms with van der Waals surface area (Å²) in [5, 5.41) is 0. The van der Waals surface area contributed by atoms with E-state index >= 15 is 0 Å². The summed E-state index contributed by atoms with van der Waals surface area (Å²) < 4.78 is 0. The molecule has 1 fully saturated rings. The highest BCUT2D eigenvalue weighted by atomic mass is 14.9. The van der Waals surface area contributed by atoms with Crippen LogP contribution in [0.5, 0.6) is 0 Å². The van der Waals surface area contributed by atoms with Crippen molar-refractivity contribution in [2.24, 2.45) is 5.92 Å². The summed E-state index contributed by atoms with van der Waals surface area (Å²) in [5.74, 6) is 1.93. The van der Waals surface area contributed by atoms with Gasteiger partial charge in [-0.3, -0.25) is 0 Å². The van der Waals surface area contributed by atoms with Gasteiger partial charge in [-0.25, -0.2) is 9.97 Å². The number of aromatic nitrogens is 2. The SMILES string of the molecule is CCc1nc(CC2CC2)ncc1C. The van der Waals surface area contributed by atoms with Crippen LogP contribution in [0.15, 0.2) is 6.20 Å². The second-order valence-corrected chi connectivity index (χ2v) is 3.92. The smallest absolute Gasteiger partial charge is 0.128 e. The Kier molecular flexibility index (Phi) is 2.30. The fourth-order valence-corrected chi connectivity index (χ4v) is 1.56. The van der Waals surface area contributed by atoms with Gasteiger partial charge in [0.15, 0.2) is 0 Å². The first-order chi connectivity index (χ1) is 6.29. The maximum atomic E-state index is 4.56. The zero-order chi connectivity index (χ0) is 9.26. The average Bonchev–Trinajstić information content (AvgIpc) is 2.92. The van der Waals surface area contributed by atoms with E-state index in [2.05, 4.69) is 23.8 Å². The van der Waals surface area contributed by atoms with E-state index in [0.717, 1.165) is 24.6 Å². The van der Waals surface area contributed by atoms with Crippen LogP contribution < -0.4 is 0 Å². The maximum absolute atomic E-state index is 4.56. The van der Waals surface area contributed by atoms with Gasteiger partial charge in [-0.05, 0) is 37.7 Å². The molecule has 0 radical (unpaired) electrons. The lowest BCUT2D eigenvalue weighted by atomic mass is 10.2. The van der Waals surface area contributed by atoms with Crippen LogP contribution in [0.3, 0.4) is 0 Å². The molecule has 2 nitrogen and oxygen atoms in total. The number of hydrogen-bond donors (Lipinski definition) is 0. The fraction of sp³-hybridized carbons (Fsp3) is 0.636. The highest BCUT2D eigenvalue weighted by molar-refractivity contribution is 5.15. The third-order valence-electron chi connectivity index (χ3n) is 2.63. The van der Waals surface area contributed by atoms with Gasteiger partial charge in [-0.2, -0.15) is 0 Å². The minimum absolute atomic E-state index is 0.882. The van der Waals surface area contributed by atoms with Gasteiger partial charge >= 0.3 is 0 Å². The molecule has 2 heteroatoms. The second-order valence-electron chi connectivity index (χ2n) is 3.92. The summed E-state index contributed by atoms with van der Waals surface area (Å²) in [5.41, 5.74) is 2.44. The van der Waals surface area contributed by atoms with E-state index in [1.165, 1.54) is 24.1 Å². The molecule has 1 aliphatic carbocycles. The second kappa shape index (κ2) is 3.44. The molecule has 0 amide bonds. The van der Waals surface area contributed by atoms with Crippen molar-refractivity contribution in [3.8, 4) is 0 Å². The van der Waals surface area contributed by atoms with Crippen LogP contribution in [-0.4, -0.2) is 9.97 Å². The van der Waals surface area contributed by atoms with Crippen LogP contribution in [0.25, 0.3) is 0 Å². The molecule has 0 bridgehead atoms. The lowest BCUT2D eigenvalue weighted by Crippen LogP contribution is -2.01. The summed E-state index contributed by atoms with van der Waals surface area (Å²) in [7, 11) is 0. The van der Waals surface area contributed by atoms with Crippen molar-refractivity contribution in [1.29, 1.82) is 0 Å². The summed E-state index contributed by atoms with van der Waals surface area (Å²) in [6.45, 7) is 4.23. The Bertz CT molecular complexity index is 303. The third-order valence-corrected chi connectivity index (χ3v) is 2.63. The lowest BCUT2D eigenvalue weighted by Gasteiger charge is -2.03. The molecular weight excluding hydrogens is 160 g/mol. The highest BCUT2D eigenvalue weighted by Gasteiger charge is 2.22. The quantitative estimate of drug-likeness (QED) is 0.706. The van der Waals surface area contributed by atoms with E-state index < -0.39 is 0 Å². The number of rotatable bonds is 3. The predicted octanol–water partition coefficient (Wildman–Crippen LogP) is 2.30. The normalized spacial score (nSPS) is 16.2. The first-order valence-electron chi connectivity index (χ1n) is 5.11. The molecule has 0 atom stereocenters. The Labute approximate surface area is 79.4 Å². The van der Waals surface area contributed by atoms with Gasteiger partial charge < -0.3 is 0 Å². The Morgan fingerprint density at radius 3 is 2.85 bits per heavy atom. The lowest BCUT2D eigenvalue weighted by molar-refractivity contribution is 0.753. The highest BCUT2D eigenvalue weighted by Crippen LogP contribution is 2.31. The first-order valence-corrected chi connectivity index (χ1v) is 5.11. The van der Waals surface area contributed by atoms with Gasteiger partial charge in [-0.15, -0.1) is 0 Å². The number of nitrogens with zero attached hydrogens (tertiary/aromatic N) is 2. The molecule has 1 heterocycles. The Morgan fingerprint density at radius 1 is 1.46 bits per heavy atom. The van der Waals surface area contributed by atoms with E-state index in [9.17, 15) is 0 Å². The molecule has 0 unspecified atom stereocenters. The van der Waals surface area contributed by atoms with Crippen LogP contribution in [-0.2, 0) is 12.8 Å². The van der Waals surface area contributed by atoms with Crippen molar-refractivity contribution in [2.75, 3.05) is 0 Å². The van der Waals surface area contributed by atoms with Crippen molar-refractivity contribution in [3.05, 3.63) is 23.3 Å². The van der Waals surface area contributed by atoms with Gasteiger partial charge in [-0.1, -0.05) is 6.92 Å². The molecular formula is C11H16N2. The molecule has 1 aliphatic rings.